The standard InChI is InChI=1S/C17H30N2O/c1-6-11-19(13-12-18(4)5)15(3)17(20)16-9-7-14(2)8-10-16/h7-10,15,17,20H,6,11-13H2,1-5H3. The van der Waals surface area contributed by atoms with Gasteiger partial charge in [-0.3, -0.25) is 4.90 Å². The first-order chi connectivity index (χ1) is 9.45. The van der Waals surface area contributed by atoms with Gasteiger partial charge >= 0.3 is 0 Å². The monoisotopic (exact) mass is 278 g/mol. The number of aryl methyl sites for hydroxylation is 1. The smallest absolute Gasteiger partial charge is 0.0942 e. The molecule has 0 amide bonds. The van der Waals surface area contributed by atoms with Crippen molar-refractivity contribution in [1.29, 1.82) is 0 Å². The largest absolute Gasteiger partial charge is 0.387 e. The van der Waals surface area contributed by atoms with E-state index >= 15 is 0 Å². The van der Waals surface area contributed by atoms with Gasteiger partial charge in [0.1, 0.15) is 0 Å². The van der Waals surface area contributed by atoms with Gasteiger partial charge in [-0.2, -0.15) is 0 Å². The van der Waals surface area contributed by atoms with Crippen molar-refractivity contribution in [2.24, 2.45) is 0 Å². The minimum absolute atomic E-state index is 0.137. The van der Waals surface area contributed by atoms with Crippen LogP contribution in [0.5, 0.6) is 0 Å². The molecule has 1 rings (SSSR count). The summed E-state index contributed by atoms with van der Waals surface area (Å²) in [5.74, 6) is 0. The van der Waals surface area contributed by atoms with E-state index in [1.54, 1.807) is 0 Å². The van der Waals surface area contributed by atoms with Crippen LogP contribution in [0.15, 0.2) is 24.3 Å². The summed E-state index contributed by atoms with van der Waals surface area (Å²) in [5, 5.41) is 10.6. The van der Waals surface area contributed by atoms with Crippen LogP contribution in [0.25, 0.3) is 0 Å². The Kier molecular flexibility index (Phi) is 7.20. The normalized spacial score (nSPS) is 14.8. The Balaban J connectivity index is 2.71. The Hall–Kier alpha value is -0.900. The summed E-state index contributed by atoms with van der Waals surface area (Å²) in [7, 11) is 4.18. The van der Waals surface area contributed by atoms with Crippen molar-refractivity contribution in [2.75, 3.05) is 33.7 Å². The molecule has 0 saturated carbocycles. The molecule has 1 N–H and O–H groups in total. The maximum Gasteiger partial charge on any atom is 0.0942 e. The van der Waals surface area contributed by atoms with E-state index in [1.807, 2.05) is 12.1 Å². The number of benzene rings is 1. The van der Waals surface area contributed by atoms with Gasteiger partial charge in [-0.05, 0) is 46.5 Å². The first-order valence-corrected chi connectivity index (χ1v) is 7.59. The summed E-state index contributed by atoms with van der Waals surface area (Å²) >= 11 is 0. The van der Waals surface area contributed by atoms with Crippen molar-refractivity contribution in [2.45, 2.75) is 39.3 Å². The molecule has 1 aromatic carbocycles. The molecule has 0 aliphatic carbocycles. The highest BCUT2D eigenvalue weighted by Gasteiger charge is 2.22. The van der Waals surface area contributed by atoms with Gasteiger partial charge in [0.15, 0.2) is 0 Å². The molecule has 114 valence electrons. The zero-order valence-corrected chi connectivity index (χ0v) is 13.6. The molecular formula is C17H30N2O. The Morgan fingerprint density at radius 2 is 1.65 bits per heavy atom. The second-order valence-electron chi connectivity index (χ2n) is 5.94. The van der Waals surface area contributed by atoms with Crippen LogP contribution >= 0.6 is 0 Å². The number of nitrogens with zero attached hydrogens (tertiary/aromatic N) is 2. The molecule has 0 bridgehead atoms. The minimum atomic E-state index is -0.427. The number of aliphatic hydroxyl groups is 1. The lowest BCUT2D eigenvalue weighted by Gasteiger charge is -2.33. The van der Waals surface area contributed by atoms with Crippen LogP contribution in [-0.4, -0.2) is 54.7 Å². The molecule has 0 fully saturated rings. The van der Waals surface area contributed by atoms with Crippen molar-refractivity contribution in [3.8, 4) is 0 Å². The van der Waals surface area contributed by atoms with Crippen molar-refractivity contribution in [3.05, 3.63) is 35.4 Å². The fourth-order valence-electron chi connectivity index (χ4n) is 2.38. The van der Waals surface area contributed by atoms with E-state index in [2.05, 4.69) is 56.8 Å². The number of hydrogen-bond donors (Lipinski definition) is 1. The first kappa shape index (κ1) is 17.2. The molecule has 20 heavy (non-hydrogen) atoms. The van der Waals surface area contributed by atoms with E-state index in [9.17, 15) is 5.11 Å². The van der Waals surface area contributed by atoms with Gasteiger partial charge in [0, 0.05) is 19.1 Å². The third kappa shape index (κ3) is 5.23. The fourth-order valence-corrected chi connectivity index (χ4v) is 2.38. The molecule has 0 aliphatic rings. The van der Waals surface area contributed by atoms with Crippen LogP contribution in [0, 0.1) is 6.92 Å². The highest BCUT2D eigenvalue weighted by Crippen LogP contribution is 2.21. The summed E-state index contributed by atoms with van der Waals surface area (Å²) in [6.07, 6.45) is 0.683. The summed E-state index contributed by atoms with van der Waals surface area (Å²) in [5.41, 5.74) is 2.24. The molecule has 0 aromatic heterocycles. The van der Waals surface area contributed by atoms with E-state index < -0.39 is 6.10 Å². The van der Waals surface area contributed by atoms with Gasteiger partial charge in [0.2, 0.25) is 0 Å². The second-order valence-corrected chi connectivity index (χ2v) is 5.94. The second kappa shape index (κ2) is 8.40. The molecule has 0 aliphatic heterocycles. The average molecular weight is 278 g/mol. The van der Waals surface area contributed by atoms with Gasteiger partial charge in [-0.1, -0.05) is 36.8 Å². The Morgan fingerprint density at radius 1 is 1.05 bits per heavy atom. The number of aliphatic hydroxyl groups excluding tert-OH is 1. The Bertz CT molecular complexity index is 375. The third-order valence-electron chi connectivity index (χ3n) is 3.80. The molecule has 2 atom stereocenters. The number of likely N-dealkylation sites (N-methyl/N-ethyl adjacent to an activating group) is 1. The van der Waals surface area contributed by atoms with Crippen LogP contribution in [0.1, 0.15) is 37.5 Å². The lowest BCUT2D eigenvalue weighted by Crippen LogP contribution is -2.41. The van der Waals surface area contributed by atoms with Crippen LogP contribution in [0.2, 0.25) is 0 Å². The maximum atomic E-state index is 10.6. The molecule has 2 unspecified atom stereocenters. The van der Waals surface area contributed by atoms with Gasteiger partial charge in [-0.25, -0.2) is 0 Å². The number of hydrogen-bond acceptors (Lipinski definition) is 3. The predicted molar refractivity (Wildman–Crippen MR) is 86.0 cm³/mol. The Labute approximate surface area is 124 Å². The molecular weight excluding hydrogens is 248 g/mol. The Morgan fingerprint density at radius 3 is 2.15 bits per heavy atom. The summed E-state index contributed by atoms with van der Waals surface area (Å²) in [6.45, 7) is 9.41. The lowest BCUT2D eigenvalue weighted by atomic mass is 10.0. The van der Waals surface area contributed by atoms with Crippen molar-refractivity contribution in [1.82, 2.24) is 9.80 Å². The number of rotatable bonds is 8. The topological polar surface area (TPSA) is 26.7 Å². The van der Waals surface area contributed by atoms with E-state index in [0.717, 1.165) is 31.6 Å². The highest BCUT2D eigenvalue weighted by molar-refractivity contribution is 5.24. The quantitative estimate of drug-likeness (QED) is 0.792. The van der Waals surface area contributed by atoms with Crippen LogP contribution in [-0.2, 0) is 0 Å². The van der Waals surface area contributed by atoms with Crippen LogP contribution < -0.4 is 0 Å². The SMILES string of the molecule is CCCN(CCN(C)C)C(C)C(O)c1ccc(C)cc1. The molecule has 0 heterocycles. The average Bonchev–Trinajstić information content (AvgIpc) is 2.42. The first-order valence-electron chi connectivity index (χ1n) is 7.59. The summed E-state index contributed by atoms with van der Waals surface area (Å²) in [4.78, 5) is 4.57. The molecule has 3 heteroatoms. The summed E-state index contributed by atoms with van der Waals surface area (Å²) < 4.78 is 0. The predicted octanol–water partition coefficient (Wildman–Crippen LogP) is 2.69. The van der Waals surface area contributed by atoms with Gasteiger partial charge in [-0.15, -0.1) is 0 Å². The van der Waals surface area contributed by atoms with Crippen molar-refractivity contribution < 1.29 is 5.11 Å². The maximum absolute atomic E-state index is 10.6. The van der Waals surface area contributed by atoms with Gasteiger partial charge in [0.05, 0.1) is 6.10 Å². The zero-order chi connectivity index (χ0) is 15.1. The van der Waals surface area contributed by atoms with Gasteiger partial charge < -0.3 is 10.0 Å². The molecule has 0 saturated heterocycles. The summed E-state index contributed by atoms with van der Waals surface area (Å²) in [6, 6.07) is 8.33. The fraction of sp³-hybridized carbons (Fsp3) is 0.647. The van der Waals surface area contributed by atoms with E-state index in [1.165, 1.54) is 5.56 Å². The molecule has 1 aromatic rings. The van der Waals surface area contributed by atoms with Gasteiger partial charge in [0.25, 0.3) is 0 Å². The molecule has 0 radical (unpaired) electrons. The van der Waals surface area contributed by atoms with E-state index in [-0.39, 0.29) is 6.04 Å². The highest BCUT2D eigenvalue weighted by atomic mass is 16.3. The molecule has 0 spiro atoms. The molecule has 3 nitrogen and oxygen atoms in total. The zero-order valence-electron chi connectivity index (χ0n) is 13.6. The van der Waals surface area contributed by atoms with Crippen LogP contribution in [0.4, 0.5) is 0 Å². The van der Waals surface area contributed by atoms with Crippen molar-refractivity contribution in [3.63, 3.8) is 0 Å². The van der Waals surface area contributed by atoms with E-state index in [0.29, 0.717) is 0 Å². The minimum Gasteiger partial charge on any atom is -0.387 e. The third-order valence-corrected chi connectivity index (χ3v) is 3.80. The lowest BCUT2D eigenvalue weighted by molar-refractivity contribution is 0.0541. The van der Waals surface area contributed by atoms with Crippen LogP contribution in [0.3, 0.4) is 0 Å². The van der Waals surface area contributed by atoms with E-state index in [4.69, 9.17) is 0 Å². The van der Waals surface area contributed by atoms with Crippen molar-refractivity contribution >= 4 is 0 Å².